The van der Waals surface area contributed by atoms with Crippen LogP contribution in [-0.4, -0.2) is 39.9 Å². The second kappa shape index (κ2) is 14.8. The van der Waals surface area contributed by atoms with Gasteiger partial charge in [-0.25, -0.2) is 0 Å². The SMILES string of the molecule is N[C@@H](CC(=O)[O-])C(=O)[O-].O=C([O-])c1cccnc1.O=C([O-])c1cccnc1.[Cr+4]. The molecule has 2 aromatic heterocycles. The van der Waals surface area contributed by atoms with Gasteiger partial charge in [0.25, 0.3) is 0 Å². The van der Waals surface area contributed by atoms with Crippen molar-refractivity contribution >= 4 is 23.9 Å². The van der Waals surface area contributed by atoms with Gasteiger partial charge in [-0.15, -0.1) is 0 Å². The summed E-state index contributed by atoms with van der Waals surface area (Å²) in [5.41, 5.74) is 4.95. The summed E-state index contributed by atoms with van der Waals surface area (Å²) >= 11 is 0. The zero-order chi connectivity index (χ0) is 20.8. The maximum atomic E-state index is 10.0. The maximum Gasteiger partial charge on any atom is 4.00 e. The summed E-state index contributed by atoms with van der Waals surface area (Å²) in [6, 6.07) is 4.50. The van der Waals surface area contributed by atoms with Crippen molar-refractivity contribution in [3.05, 3.63) is 60.2 Å². The van der Waals surface area contributed by atoms with Gasteiger partial charge < -0.3 is 45.3 Å². The number of nitrogens with two attached hydrogens (primary N) is 1. The van der Waals surface area contributed by atoms with Crippen LogP contribution in [0.25, 0.3) is 0 Å². The molecule has 2 aromatic rings. The van der Waals surface area contributed by atoms with Gasteiger partial charge in [-0.3, -0.25) is 9.97 Å². The molecule has 2 heterocycles. The molecule has 12 heteroatoms. The first-order valence-electron chi connectivity index (χ1n) is 7.04. The van der Waals surface area contributed by atoms with Gasteiger partial charge in [-0.1, -0.05) is 12.1 Å². The second-order valence-electron chi connectivity index (χ2n) is 4.56. The van der Waals surface area contributed by atoms with Crippen LogP contribution in [0.2, 0.25) is 0 Å². The third-order valence-electron chi connectivity index (χ3n) is 2.48. The van der Waals surface area contributed by atoms with Gasteiger partial charge in [-0.2, -0.15) is 0 Å². The molecular weight excluding hydrogens is 414 g/mol. The molecule has 0 unspecified atom stereocenters. The first kappa shape index (κ1) is 26.9. The van der Waals surface area contributed by atoms with Crippen molar-refractivity contribution in [1.82, 2.24) is 9.97 Å². The number of nitrogens with zero attached hydrogens (tertiary/aromatic N) is 2. The Morgan fingerprint density at radius 2 is 1.25 bits per heavy atom. The quantitative estimate of drug-likeness (QED) is 0.477. The first-order valence-corrected chi connectivity index (χ1v) is 7.04. The zero-order valence-corrected chi connectivity index (χ0v) is 15.3. The molecule has 0 saturated carbocycles. The summed E-state index contributed by atoms with van der Waals surface area (Å²) in [4.78, 5) is 46.6. The molecule has 2 N–H and O–H groups in total. The molecule has 0 spiro atoms. The summed E-state index contributed by atoms with van der Waals surface area (Å²) in [6.07, 6.45) is 4.80. The fraction of sp³-hybridized carbons (Fsp3) is 0.125. The monoisotopic (exact) mass is 427 g/mol. The third-order valence-corrected chi connectivity index (χ3v) is 2.48. The fourth-order valence-corrected chi connectivity index (χ4v) is 1.23. The van der Waals surface area contributed by atoms with Crippen molar-refractivity contribution in [3.8, 4) is 0 Å². The third kappa shape index (κ3) is 13.0. The van der Waals surface area contributed by atoms with E-state index in [2.05, 4.69) is 9.97 Å². The summed E-state index contributed by atoms with van der Waals surface area (Å²) < 4.78 is 0. The second-order valence-corrected chi connectivity index (χ2v) is 4.56. The minimum Gasteiger partial charge on any atom is -0.550 e. The number of carbonyl (C=O) groups excluding carboxylic acids is 4. The number of aliphatic carboxylic acids is 2. The van der Waals surface area contributed by atoms with Crippen LogP contribution >= 0.6 is 0 Å². The van der Waals surface area contributed by atoms with Gasteiger partial charge in [0, 0.05) is 54.3 Å². The zero-order valence-electron chi connectivity index (χ0n) is 14.0. The summed E-state index contributed by atoms with van der Waals surface area (Å²) in [7, 11) is 0. The molecule has 11 nitrogen and oxygen atoms in total. The number of rotatable bonds is 5. The molecule has 0 radical (unpaired) electrons. The molecule has 0 amide bonds. The van der Waals surface area contributed by atoms with Crippen molar-refractivity contribution < 1.29 is 57.0 Å². The van der Waals surface area contributed by atoms with Crippen LogP contribution in [0.4, 0.5) is 0 Å². The van der Waals surface area contributed by atoms with E-state index in [1.807, 2.05) is 0 Å². The Bertz CT molecular complexity index is 709. The van der Waals surface area contributed by atoms with Gasteiger partial charge in [0.2, 0.25) is 0 Å². The molecule has 2 rings (SSSR count). The van der Waals surface area contributed by atoms with E-state index in [4.69, 9.17) is 5.73 Å². The Kier molecular flexibility index (Phi) is 14.2. The Morgan fingerprint density at radius 3 is 1.39 bits per heavy atom. The van der Waals surface area contributed by atoms with E-state index in [1.54, 1.807) is 12.1 Å². The normalized spacial score (nSPS) is 9.75. The largest absolute Gasteiger partial charge is 4.00 e. The van der Waals surface area contributed by atoms with Crippen molar-refractivity contribution in [2.75, 3.05) is 0 Å². The topological polar surface area (TPSA) is 212 Å². The molecule has 28 heavy (non-hydrogen) atoms. The summed E-state index contributed by atoms with van der Waals surface area (Å²) in [5, 5.41) is 39.4. The van der Waals surface area contributed by atoms with E-state index in [9.17, 15) is 39.6 Å². The average Bonchev–Trinajstić information content (AvgIpc) is 2.63. The van der Waals surface area contributed by atoms with Crippen molar-refractivity contribution in [1.29, 1.82) is 0 Å². The van der Waals surface area contributed by atoms with E-state index >= 15 is 0 Å². The Morgan fingerprint density at radius 1 is 0.857 bits per heavy atom. The summed E-state index contributed by atoms with van der Waals surface area (Å²) in [5.74, 6) is -5.46. The number of hydrogen-bond donors (Lipinski definition) is 1. The summed E-state index contributed by atoms with van der Waals surface area (Å²) in [6.45, 7) is 0. The molecule has 0 aliphatic rings. The number of aromatic carboxylic acids is 2. The van der Waals surface area contributed by atoms with Crippen LogP contribution < -0.4 is 26.2 Å². The Labute approximate surface area is 169 Å². The molecule has 0 aliphatic heterocycles. The van der Waals surface area contributed by atoms with Crippen LogP contribution in [0.3, 0.4) is 0 Å². The van der Waals surface area contributed by atoms with Crippen molar-refractivity contribution in [3.63, 3.8) is 0 Å². The first-order chi connectivity index (χ1) is 12.6. The van der Waals surface area contributed by atoms with Crippen LogP contribution in [0, 0.1) is 0 Å². The van der Waals surface area contributed by atoms with Crippen LogP contribution in [0.5, 0.6) is 0 Å². The number of carboxylic acid groups (broad SMARTS) is 4. The number of carbonyl (C=O) groups is 4. The predicted octanol–water partition coefficient (Wildman–Crippen LogP) is -4.91. The van der Waals surface area contributed by atoms with Gasteiger partial charge in [-0.05, 0) is 12.1 Å². The molecule has 0 aromatic carbocycles. The Balaban J connectivity index is 0. The van der Waals surface area contributed by atoms with E-state index in [0.29, 0.717) is 0 Å². The number of carboxylic acids is 4. The molecule has 1 atom stereocenters. The number of hydrogen-bond acceptors (Lipinski definition) is 11. The van der Waals surface area contributed by atoms with Gasteiger partial charge in [0.1, 0.15) is 0 Å². The molecule has 0 saturated heterocycles. The van der Waals surface area contributed by atoms with E-state index in [-0.39, 0.29) is 28.5 Å². The minimum atomic E-state index is -1.58. The smallest absolute Gasteiger partial charge is 0.550 e. The molecule has 0 bridgehead atoms. The van der Waals surface area contributed by atoms with Gasteiger partial charge in [0.05, 0.1) is 17.9 Å². The van der Waals surface area contributed by atoms with E-state index < -0.39 is 36.3 Å². The van der Waals surface area contributed by atoms with Crippen molar-refractivity contribution in [2.24, 2.45) is 5.73 Å². The van der Waals surface area contributed by atoms with Crippen LogP contribution in [0.15, 0.2) is 49.1 Å². The van der Waals surface area contributed by atoms with E-state index in [0.717, 1.165) is 0 Å². The molecule has 0 fully saturated rings. The van der Waals surface area contributed by atoms with E-state index in [1.165, 1.54) is 36.9 Å². The number of aromatic nitrogens is 2. The maximum absolute atomic E-state index is 10.0. The van der Waals surface area contributed by atoms with Gasteiger partial charge >= 0.3 is 17.4 Å². The molecular formula is C16H13CrN3O8. The molecule has 146 valence electrons. The standard InChI is InChI=1S/2C6H5NO2.C4H7NO4.Cr/c2*8-6(9)5-2-1-3-7-4-5;5-2(4(8)9)1-3(6)7;/h2*1-4H,(H,8,9);2H,1,5H2,(H,6,7)(H,8,9);/q;;;+4/p-4/t;;2-;/m..0./s1. The Hall–Kier alpha value is -3.33. The van der Waals surface area contributed by atoms with Crippen LogP contribution in [-0.2, 0) is 27.0 Å². The minimum absolute atomic E-state index is 0. The van der Waals surface area contributed by atoms with Gasteiger partial charge in [0.15, 0.2) is 0 Å². The average molecular weight is 427 g/mol. The van der Waals surface area contributed by atoms with Crippen LogP contribution in [0.1, 0.15) is 27.1 Å². The number of pyridine rings is 2. The molecule has 0 aliphatic carbocycles. The van der Waals surface area contributed by atoms with Crippen molar-refractivity contribution in [2.45, 2.75) is 12.5 Å². The predicted molar refractivity (Wildman–Crippen MR) is 79.7 cm³/mol. The fourth-order valence-electron chi connectivity index (χ4n) is 1.23.